The van der Waals surface area contributed by atoms with Gasteiger partial charge in [-0.25, -0.2) is 0 Å². The third-order valence-electron chi connectivity index (χ3n) is 4.17. The molecule has 1 aliphatic rings. The topological polar surface area (TPSA) is 64.2 Å². The molecule has 0 spiro atoms. The zero-order valence-electron chi connectivity index (χ0n) is 12.4. The number of aryl methyl sites for hydroxylation is 1. The minimum absolute atomic E-state index is 0.122. The van der Waals surface area contributed by atoms with Gasteiger partial charge >= 0.3 is 0 Å². The highest BCUT2D eigenvalue weighted by molar-refractivity contribution is 7.10. The number of carbonyl (C=O) groups is 1. The molecule has 0 aliphatic carbocycles. The Morgan fingerprint density at radius 1 is 1.52 bits per heavy atom. The molecule has 2 aromatic rings. The summed E-state index contributed by atoms with van der Waals surface area (Å²) in [4.78, 5) is 15.9. The summed E-state index contributed by atoms with van der Waals surface area (Å²) in [6.07, 6.45) is 2.11. The van der Waals surface area contributed by atoms with Crippen molar-refractivity contribution in [3.63, 3.8) is 0 Å². The summed E-state index contributed by atoms with van der Waals surface area (Å²) < 4.78 is 1.72. The van der Waals surface area contributed by atoms with E-state index < -0.39 is 0 Å². The van der Waals surface area contributed by atoms with Crippen molar-refractivity contribution < 1.29 is 4.79 Å². The van der Waals surface area contributed by atoms with E-state index >= 15 is 0 Å². The van der Waals surface area contributed by atoms with Gasteiger partial charge in [0, 0.05) is 11.4 Å². The van der Waals surface area contributed by atoms with E-state index in [4.69, 9.17) is 5.73 Å². The van der Waals surface area contributed by atoms with Crippen LogP contribution in [0.1, 0.15) is 35.1 Å². The minimum Gasteiger partial charge on any atom is -0.396 e. The molecule has 21 heavy (non-hydrogen) atoms. The number of nitrogens with zero attached hydrogens (tertiary/aromatic N) is 3. The summed E-state index contributed by atoms with van der Waals surface area (Å²) in [6, 6.07) is 4.39. The summed E-state index contributed by atoms with van der Waals surface area (Å²) in [5.41, 5.74) is 8.27. The zero-order chi connectivity index (χ0) is 15.0. The highest BCUT2D eigenvalue weighted by atomic mass is 32.1. The van der Waals surface area contributed by atoms with Crippen molar-refractivity contribution in [3.05, 3.63) is 33.8 Å². The number of nitrogen functional groups attached to an aromatic ring is 1. The monoisotopic (exact) mass is 304 g/mol. The fourth-order valence-corrected chi connectivity index (χ4v) is 3.80. The molecule has 1 amide bonds. The molecule has 0 aromatic carbocycles. The summed E-state index contributed by atoms with van der Waals surface area (Å²) in [7, 11) is 0. The number of anilines is 1. The van der Waals surface area contributed by atoms with Crippen LogP contribution >= 0.6 is 11.3 Å². The maximum Gasteiger partial charge on any atom is 0.244 e. The molecule has 1 saturated heterocycles. The number of hydrogen-bond acceptors (Lipinski definition) is 4. The summed E-state index contributed by atoms with van der Waals surface area (Å²) in [5.74, 6) is 0.122. The van der Waals surface area contributed by atoms with Crippen LogP contribution in [0.3, 0.4) is 0 Å². The van der Waals surface area contributed by atoms with E-state index in [1.165, 1.54) is 4.88 Å². The lowest BCUT2D eigenvalue weighted by Crippen LogP contribution is -2.33. The van der Waals surface area contributed by atoms with E-state index in [0.717, 1.165) is 30.8 Å². The van der Waals surface area contributed by atoms with Gasteiger partial charge in [0.05, 0.1) is 23.1 Å². The van der Waals surface area contributed by atoms with Crippen molar-refractivity contribution in [2.45, 2.75) is 39.3 Å². The second-order valence-electron chi connectivity index (χ2n) is 5.50. The van der Waals surface area contributed by atoms with Gasteiger partial charge in [0.15, 0.2) is 0 Å². The number of nitrogens with two attached hydrogens (primary N) is 1. The van der Waals surface area contributed by atoms with Gasteiger partial charge < -0.3 is 10.6 Å². The Morgan fingerprint density at radius 2 is 2.33 bits per heavy atom. The fraction of sp³-hybridized carbons (Fsp3) is 0.467. The first kappa shape index (κ1) is 14.1. The first-order chi connectivity index (χ1) is 10.1. The van der Waals surface area contributed by atoms with E-state index in [9.17, 15) is 4.79 Å². The Hall–Kier alpha value is -1.82. The maximum atomic E-state index is 12.6. The Bertz CT molecular complexity index is 647. The molecule has 3 rings (SSSR count). The molecule has 1 fully saturated rings. The number of hydrogen-bond donors (Lipinski definition) is 1. The van der Waals surface area contributed by atoms with Crippen LogP contribution < -0.4 is 5.73 Å². The van der Waals surface area contributed by atoms with Gasteiger partial charge in [0.25, 0.3) is 0 Å². The molecule has 3 heterocycles. The van der Waals surface area contributed by atoms with E-state index in [-0.39, 0.29) is 18.5 Å². The molecule has 112 valence electrons. The number of carbonyl (C=O) groups excluding carboxylic acids is 1. The highest BCUT2D eigenvalue weighted by Gasteiger charge is 2.30. The van der Waals surface area contributed by atoms with Crippen LogP contribution in [0.5, 0.6) is 0 Å². The summed E-state index contributed by atoms with van der Waals surface area (Å²) >= 11 is 1.72. The van der Waals surface area contributed by atoms with E-state index in [1.807, 2.05) is 24.8 Å². The van der Waals surface area contributed by atoms with Crippen LogP contribution in [0.15, 0.2) is 17.5 Å². The lowest BCUT2D eigenvalue weighted by molar-refractivity contribution is -0.133. The van der Waals surface area contributed by atoms with Gasteiger partial charge in [-0.3, -0.25) is 9.48 Å². The van der Waals surface area contributed by atoms with E-state index in [2.05, 4.69) is 16.5 Å². The van der Waals surface area contributed by atoms with Crippen LogP contribution in [-0.2, 0) is 11.3 Å². The molecule has 5 nitrogen and oxygen atoms in total. The quantitative estimate of drug-likeness (QED) is 0.947. The van der Waals surface area contributed by atoms with Crippen LogP contribution in [0.4, 0.5) is 5.69 Å². The van der Waals surface area contributed by atoms with Crippen molar-refractivity contribution in [3.8, 4) is 0 Å². The number of aromatic nitrogens is 2. The van der Waals surface area contributed by atoms with Crippen molar-refractivity contribution in [2.75, 3.05) is 12.3 Å². The van der Waals surface area contributed by atoms with Crippen molar-refractivity contribution in [1.82, 2.24) is 14.7 Å². The molecule has 1 unspecified atom stereocenters. The maximum absolute atomic E-state index is 12.6. The van der Waals surface area contributed by atoms with Crippen LogP contribution in [0.2, 0.25) is 0 Å². The standard InChI is InChI=1S/C15H20N4OS/c1-10-15(16)11(2)19(17-10)9-14(20)18-7-3-5-12(18)13-6-4-8-21-13/h4,6,8,12H,3,5,7,9,16H2,1-2H3. The number of thiophene rings is 1. The summed E-state index contributed by atoms with van der Waals surface area (Å²) in [5, 5.41) is 6.42. The molecular weight excluding hydrogens is 284 g/mol. The van der Waals surface area contributed by atoms with Gasteiger partial charge in [-0.1, -0.05) is 6.07 Å². The third kappa shape index (κ3) is 2.55. The molecule has 0 radical (unpaired) electrons. The SMILES string of the molecule is Cc1nn(CC(=O)N2CCCC2c2cccs2)c(C)c1N. The average molecular weight is 304 g/mol. The van der Waals surface area contributed by atoms with Gasteiger partial charge in [0.1, 0.15) is 6.54 Å². The Labute approximate surface area is 128 Å². The van der Waals surface area contributed by atoms with Crippen molar-refractivity contribution in [2.24, 2.45) is 0 Å². The van der Waals surface area contributed by atoms with Gasteiger partial charge in [0.2, 0.25) is 5.91 Å². The van der Waals surface area contributed by atoms with E-state index in [1.54, 1.807) is 16.0 Å². The van der Waals surface area contributed by atoms with Crippen molar-refractivity contribution in [1.29, 1.82) is 0 Å². The molecule has 0 saturated carbocycles. The molecule has 2 aromatic heterocycles. The number of amides is 1. The third-order valence-corrected chi connectivity index (χ3v) is 5.14. The van der Waals surface area contributed by atoms with Gasteiger partial charge in [-0.2, -0.15) is 5.10 Å². The predicted octanol–water partition coefficient (Wildman–Crippen LogP) is 2.51. The Balaban J connectivity index is 1.77. The zero-order valence-corrected chi connectivity index (χ0v) is 13.2. The summed E-state index contributed by atoms with van der Waals surface area (Å²) in [6.45, 7) is 4.87. The van der Waals surface area contributed by atoms with Crippen LogP contribution in [-0.4, -0.2) is 27.1 Å². The molecule has 2 N–H and O–H groups in total. The first-order valence-electron chi connectivity index (χ1n) is 7.20. The molecule has 1 aliphatic heterocycles. The highest BCUT2D eigenvalue weighted by Crippen LogP contribution is 2.34. The van der Waals surface area contributed by atoms with Gasteiger partial charge in [-0.05, 0) is 38.1 Å². The van der Waals surface area contributed by atoms with Crippen LogP contribution in [0, 0.1) is 13.8 Å². The molecular formula is C15H20N4OS. The average Bonchev–Trinajstić information content (AvgIpc) is 3.17. The van der Waals surface area contributed by atoms with E-state index in [0.29, 0.717) is 5.69 Å². The Morgan fingerprint density at radius 3 is 2.95 bits per heavy atom. The number of likely N-dealkylation sites (tertiary alicyclic amines) is 1. The second-order valence-corrected chi connectivity index (χ2v) is 6.48. The first-order valence-corrected chi connectivity index (χ1v) is 8.08. The molecule has 1 atom stereocenters. The normalized spacial score (nSPS) is 18.4. The van der Waals surface area contributed by atoms with Crippen molar-refractivity contribution >= 4 is 22.9 Å². The minimum atomic E-state index is 0.122. The fourth-order valence-electron chi connectivity index (χ4n) is 2.93. The van der Waals surface area contributed by atoms with Gasteiger partial charge in [-0.15, -0.1) is 11.3 Å². The Kier molecular flexibility index (Phi) is 3.71. The van der Waals surface area contributed by atoms with Crippen LogP contribution in [0.25, 0.3) is 0 Å². The smallest absolute Gasteiger partial charge is 0.244 e. The lowest BCUT2D eigenvalue weighted by atomic mass is 10.2. The largest absolute Gasteiger partial charge is 0.396 e. The second kappa shape index (κ2) is 5.52. The predicted molar refractivity (Wildman–Crippen MR) is 84.1 cm³/mol. The lowest BCUT2D eigenvalue weighted by Gasteiger charge is -2.24. The molecule has 6 heteroatoms. The molecule has 0 bridgehead atoms. The number of rotatable bonds is 3.